The summed E-state index contributed by atoms with van der Waals surface area (Å²) in [5.74, 6) is 1.47. The van der Waals surface area contributed by atoms with E-state index in [1.807, 2.05) is 43.0 Å². The number of H-pyrrole nitrogens is 1. The third kappa shape index (κ3) is 3.11. The van der Waals surface area contributed by atoms with Crippen LogP contribution in [0.2, 0.25) is 0 Å². The topological polar surface area (TPSA) is 67.8 Å². The van der Waals surface area contributed by atoms with Crippen molar-refractivity contribution in [2.24, 2.45) is 5.92 Å². The molecule has 0 radical (unpaired) electrons. The summed E-state index contributed by atoms with van der Waals surface area (Å²) in [6, 6.07) is 10.3. The van der Waals surface area contributed by atoms with Gasteiger partial charge in [-0.25, -0.2) is 4.98 Å². The molecular formula is C18H21N5O. The number of aromatic nitrogens is 4. The Morgan fingerprint density at radius 1 is 1.29 bits per heavy atom. The Morgan fingerprint density at radius 3 is 3.04 bits per heavy atom. The average molecular weight is 323 g/mol. The molecule has 24 heavy (non-hydrogen) atoms. The minimum Gasteiger partial charge on any atom is -0.373 e. The zero-order valence-corrected chi connectivity index (χ0v) is 13.4. The van der Waals surface area contributed by atoms with Crippen LogP contribution in [0.1, 0.15) is 23.9 Å². The SMILES string of the molecule is c1ccc(-n2ccnc2CNC[C@H]2CCO[C@@H]2c2cn[nH]c2)cc1. The van der Waals surface area contributed by atoms with Gasteiger partial charge >= 0.3 is 0 Å². The van der Waals surface area contributed by atoms with Gasteiger partial charge < -0.3 is 14.6 Å². The number of imidazole rings is 1. The lowest BCUT2D eigenvalue weighted by Gasteiger charge is -2.18. The van der Waals surface area contributed by atoms with Gasteiger partial charge in [0.25, 0.3) is 0 Å². The number of benzene rings is 1. The van der Waals surface area contributed by atoms with E-state index < -0.39 is 0 Å². The van der Waals surface area contributed by atoms with Crippen LogP contribution in [0.5, 0.6) is 0 Å². The maximum absolute atomic E-state index is 5.87. The molecule has 0 aliphatic carbocycles. The quantitative estimate of drug-likeness (QED) is 0.731. The Balaban J connectivity index is 1.37. The highest BCUT2D eigenvalue weighted by atomic mass is 16.5. The van der Waals surface area contributed by atoms with Crippen molar-refractivity contribution in [2.45, 2.75) is 19.1 Å². The summed E-state index contributed by atoms with van der Waals surface area (Å²) in [5, 5.41) is 10.4. The number of hydrogen-bond acceptors (Lipinski definition) is 4. The highest BCUT2D eigenvalue weighted by Crippen LogP contribution is 2.33. The fourth-order valence-corrected chi connectivity index (χ4v) is 3.29. The predicted molar refractivity (Wildman–Crippen MR) is 90.7 cm³/mol. The van der Waals surface area contributed by atoms with Gasteiger partial charge in [0.15, 0.2) is 0 Å². The minimum absolute atomic E-state index is 0.130. The first-order valence-electron chi connectivity index (χ1n) is 8.30. The maximum Gasteiger partial charge on any atom is 0.127 e. The molecule has 4 rings (SSSR count). The van der Waals surface area contributed by atoms with Gasteiger partial charge in [0.05, 0.1) is 18.8 Å². The number of nitrogens with one attached hydrogen (secondary N) is 2. The molecule has 2 N–H and O–H groups in total. The van der Waals surface area contributed by atoms with E-state index in [1.54, 1.807) is 0 Å². The first kappa shape index (κ1) is 15.1. The van der Waals surface area contributed by atoms with Crippen LogP contribution in [-0.4, -0.2) is 32.9 Å². The maximum atomic E-state index is 5.87. The molecule has 1 saturated heterocycles. The van der Waals surface area contributed by atoms with E-state index in [-0.39, 0.29) is 6.10 Å². The molecule has 124 valence electrons. The van der Waals surface area contributed by atoms with E-state index in [1.165, 1.54) is 0 Å². The zero-order valence-electron chi connectivity index (χ0n) is 13.4. The molecular weight excluding hydrogens is 302 g/mol. The molecule has 2 aromatic heterocycles. The van der Waals surface area contributed by atoms with Crippen LogP contribution in [0.25, 0.3) is 5.69 Å². The van der Waals surface area contributed by atoms with Crippen molar-refractivity contribution in [2.75, 3.05) is 13.2 Å². The number of aromatic amines is 1. The van der Waals surface area contributed by atoms with E-state index in [2.05, 4.69) is 37.2 Å². The second-order valence-electron chi connectivity index (χ2n) is 6.05. The summed E-state index contributed by atoms with van der Waals surface area (Å²) in [4.78, 5) is 4.48. The van der Waals surface area contributed by atoms with Gasteiger partial charge in [-0.1, -0.05) is 18.2 Å². The lowest BCUT2D eigenvalue weighted by molar-refractivity contribution is 0.0904. The molecule has 0 saturated carbocycles. The molecule has 0 bridgehead atoms. The van der Waals surface area contributed by atoms with Gasteiger partial charge in [0, 0.05) is 48.9 Å². The van der Waals surface area contributed by atoms with Crippen LogP contribution in [0.4, 0.5) is 0 Å². The molecule has 1 aliphatic heterocycles. The first-order chi connectivity index (χ1) is 11.9. The van der Waals surface area contributed by atoms with Crippen LogP contribution >= 0.6 is 0 Å². The summed E-state index contributed by atoms with van der Waals surface area (Å²) in [5.41, 5.74) is 2.26. The summed E-state index contributed by atoms with van der Waals surface area (Å²) in [7, 11) is 0. The standard InChI is InChI=1S/C18H21N5O/c1-2-4-16(5-3-1)23-8-7-20-17(23)13-19-10-14-6-9-24-18(14)15-11-21-22-12-15/h1-5,7-8,11-12,14,18-19H,6,9-10,13H2,(H,21,22)/t14-,18+/m1/s1. The average Bonchev–Trinajstić information content (AvgIpc) is 3.37. The van der Waals surface area contributed by atoms with Crippen molar-refractivity contribution in [3.63, 3.8) is 0 Å². The number of nitrogens with zero attached hydrogens (tertiary/aromatic N) is 3. The molecule has 0 unspecified atom stereocenters. The Morgan fingerprint density at radius 2 is 2.21 bits per heavy atom. The molecule has 6 heteroatoms. The fourth-order valence-electron chi connectivity index (χ4n) is 3.29. The highest BCUT2D eigenvalue weighted by Gasteiger charge is 2.29. The number of para-hydroxylation sites is 1. The Bertz CT molecular complexity index is 753. The highest BCUT2D eigenvalue weighted by molar-refractivity contribution is 5.32. The third-order valence-corrected chi connectivity index (χ3v) is 4.50. The lowest BCUT2D eigenvalue weighted by atomic mass is 9.97. The normalized spacial score (nSPS) is 20.5. The predicted octanol–water partition coefficient (Wildman–Crippen LogP) is 2.46. The van der Waals surface area contributed by atoms with Crippen LogP contribution in [0.15, 0.2) is 55.1 Å². The molecule has 6 nitrogen and oxygen atoms in total. The van der Waals surface area contributed by atoms with Crippen molar-refractivity contribution in [1.29, 1.82) is 0 Å². The largest absolute Gasteiger partial charge is 0.373 e. The smallest absolute Gasteiger partial charge is 0.127 e. The first-order valence-corrected chi connectivity index (χ1v) is 8.30. The lowest BCUT2D eigenvalue weighted by Crippen LogP contribution is -2.25. The molecule has 0 amide bonds. The van der Waals surface area contributed by atoms with Crippen LogP contribution in [0.3, 0.4) is 0 Å². The molecule has 1 aliphatic rings. The minimum atomic E-state index is 0.130. The van der Waals surface area contributed by atoms with Gasteiger partial charge in [-0.3, -0.25) is 5.10 Å². The third-order valence-electron chi connectivity index (χ3n) is 4.50. The molecule has 1 aromatic carbocycles. The van der Waals surface area contributed by atoms with E-state index in [4.69, 9.17) is 4.74 Å². The van der Waals surface area contributed by atoms with E-state index in [0.717, 1.165) is 43.2 Å². The van der Waals surface area contributed by atoms with Crippen molar-refractivity contribution in [1.82, 2.24) is 25.1 Å². The van der Waals surface area contributed by atoms with Crippen molar-refractivity contribution in [3.8, 4) is 5.69 Å². The summed E-state index contributed by atoms with van der Waals surface area (Å²) < 4.78 is 7.99. The van der Waals surface area contributed by atoms with Crippen LogP contribution in [0, 0.1) is 5.92 Å². The second kappa shape index (κ2) is 6.98. The number of ether oxygens (including phenoxy) is 1. The van der Waals surface area contributed by atoms with E-state index >= 15 is 0 Å². The summed E-state index contributed by atoms with van der Waals surface area (Å²) in [6.07, 6.45) is 8.81. The van der Waals surface area contributed by atoms with Gasteiger partial charge in [0.1, 0.15) is 5.82 Å². The van der Waals surface area contributed by atoms with E-state index in [9.17, 15) is 0 Å². The van der Waals surface area contributed by atoms with Crippen molar-refractivity contribution < 1.29 is 4.74 Å². The van der Waals surface area contributed by atoms with Crippen LogP contribution < -0.4 is 5.32 Å². The van der Waals surface area contributed by atoms with Crippen molar-refractivity contribution >= 4 is 0 Å². The second-order valence-corrected chi connectivity index (χ2v) is 6.05. The Labute approximate surface area is 140 Å². The molecule has 3 aromatic rings. The van der Waals surface area contributed by atoms with Gasteiger partial charge in [-0.15, -0.1) is 0 Å². The van der Waals surface area contributed by atoms with Crippen molar-refractivity contribution in [3.05, 3.63) is 66.5 Å². The zero-order chi connectivity index (χ0) is 16.2. The molecule has 1 fully saturated rings. The van der Waals surface area contributed by atoms with Gasteiger partial charge in [-0.05, 0) is 18.6 Å². The Hall–Kier alpha value is -2.44. The molecule has 0 spiro atoms. The van der Waals surface area contributed by atoms with Gasteiger partial charge in [-0.2, -0.15) is 5.10 Å². The molecule has 2 atom stereocenters. The summed E-state index contributed by atoms with van der Waals surface area (Å²) >= 11 is 0. The summed E-state index contributed by atoms with van der Waals surface area (Å²) in [6.45, 7) is 2.44. The monoisotopic (exact) mass is 323 g/mol. The number of hydrogen-bond donors (Lipinski definition) is 2. The fraction of sp³-hybridized carbons (Fsp3) is 0.333. The van der Waals surface area contributed by atoms with Gasteiger partial charge in [0.2, 0.25) is 0 Å². The number of rotatable bonds is 6. The molecule has 3 heterocycles. The van der Waals surface area contributed by atoms with E-state index in [0.29, 0.717) is 5.92 Å². The Kier molecular flexibility index (Phi) is 4.40. The van der Waals surface area contributed by atoms with Crippen LogP contribution in [-0.2, 0) is 11.3 Å².